The highest BCUT2D eigenvalue weighted by molar-refractivity contribution is 9.10. The van der Waals surface area contributed by atoms with E-state index < -0.39 is 5.24 Å². The van der Waals surface area contributed by atoms with Crippen molar-refractivity contribution < 1.29 is 4.79 Å². The first-order chi connectivity index (χ1) is 7.18. The van der Waals surface area contributed by atoms with Gasteiger partial charge in [0.25, 0.3) is 5.24 Å². The van der Waals surface area contributed by atoms with E-state index in [2.05, 4.69) is 26.1 Å². The average Bonchev–Trinajstić information content (AvgIpc) is 2.71. The van der Waals surface area contributed by atoms with Gasteiger partial charge in [0.05, 0.1) is 5.69 Å². The third-order valence-corrected chi connectivity index (χ3v) is 2.76. The molecule has 0 fully saturated rings. The summed E-state index contributed by atoms with van der Waals surface area (Å²) in [5.74, 6) is 0. The maximum Gasteiger partial charge on any atom is 0.252 e. The van der Waals surface area contributed by atoms with Crippen molar-refractivity contribution in [3.05, 3.63) is 40.9 Å². The molecule has 2 aromatic rings. The van der Waals surface area contributed by atoms with Crippen LogP contribution in [0.4, 0.5) is 0 Å². The SMILES string of the molecule is O=C(Cl)c1ccc(Br)c(-n2cnnc2)c1. The molecule has 0 N–H and O–H groups in total. The van der Waals surface area contributed by atoms with Crippen LogP contribution in [-0.2, 0) is 0 Å². The molecule has 0 amide bonds. The van der Waals surface area contributed by atoms with Crippen molar-refractivity contribution in [2.45, 2.75) is 0 Å². The Kier molecular flexibility index (Phi) is 2.83. The standard InChI is InChI=1S/C9H5BrClN3O/c10-7-2-1-6(9(11)15)3-8(7)14-4-12-13-5-14/h1-5H. The number of rotatable bonds is 2. The van der Waals surface area contributed by atoms with E-state index in [4.69, 9.17) is 11.6 Å². The van der Waals surface area contributed by atoms with Crippen LogP contribution in [0, 0.1) is 0 Å². The molecule has 0 aliphatic rings. The molecule has 15 heavy (non-hydrogen) atoms. The molecule has 0 aliphatic carbocycles. The summed E-state index contributed by atoms with van der Waals surface area (Å²) < 4.78 is 2.52. The summed E-state index contributed by atoms with van der Waals surface area (Å²) in [6.45, 7) is 0. The number of halogens is 2. The molecule has 1 heterocycles. The quantitative estimate of drug-likeness (QED) is 0.797. The van der Waals surface area contributed by atoms with Crippen molar-refractivity contribution in [1.29, 1.82) is 0 Å². The lowest BCUT2D eigenvalue weighted by atomic mass is 10.2. The first kappa shape index (κ1) is 10.3. The molecule has 0 atom stereocenters. The number of carbonyl (C=O) groups excluding carboxylic acids is 1. The van der Waals surface area contributed by atoms with E-state index in [-0.39, 0.29) is 0 Å². The molecule has 1 aromatic carbocycles. The van der Waals surface area contributed by atoms with Gasteiger partial charge in [-0.2, -0.15) is 0 Å². The number of aromatic nitrogens is 3. The highest BCUT2D eigenvalue weighted by Gasteiger charge is 2.07. The van der Waals surface area contributed by atoms with E-state index >= 15 is 0 Å². The van der Waals surface area contributed by atoms with Gasteiger partial charge < -0.3 is 0 Å². The lowest BCUT2D eigenvalue weighted by Gasteiger charge is -2.05. The van der Waals surface area contributed by atoms with E-state index in [1.165, 1.54) is 0 Å². The first-order valence-corrected chi connectivity index (χ1v) is 5.20. The summed E-state index contributed by atoms with van der Waals surface area (Å²) in [6, 6.07) is 5.07. The smallest absolute Gasteiger partial charge is 0.252 e. The highest BCUT2D eigenvalue weighted by atomic mass is 79.9. The molecule has 76 valence electrons. The topological polar surface area (TPSA) is 47.8 Å². The zero-order chi connectivity index (χ0) is 10.8. The Hall–Kier alpha value is -1.20. The minimum atomic E-state index is -0.489. The normalized spacial score (nSPS) is 10.3. The molecular weight excluding hydrogens is 281 g/mol. The van der Waals surface area contributed by atoms with E-state index in [1.54, 1.807) is 35.4 Å². The van der Waals surface area contributed by atoms with Crippen LogP contribution < -0.4 is 0 Å². The third kappa shape index (κ3) is 2.08. The van der Waals surface area contributed by atoms with Crippen LogP contribution in [0.15, 0.2) is 35.3 Å². The lowest BCUT2D eigenvalue weighted by molar-refractivity contribution is 0.108. The fraction of sp³-hybridized carbons (Fsp3) is 0. The van der Waals surface area contributed by atoms with Crippen molar-refractivity contribution in [2.75, 3.05) is 0 Å². The van der Waals surface area contributed by atoms with Crippen molar-refractivity contribution in [3.8, 4) is 5.69 Å². The summed E-state index contributed by atoms with van der Waals surface area (Å²) in [5, 5.41) is 6.89. The van der Waals surface area contributed by atoms with E-state index in [9.17, 15) is 4.79 Å². The maximum atomic E-state index is 11.0. The molecule has 0 saturated carbocycles. The van der Waals surface area contributed by atoms with Gasteiger partial charge in [-0.3, -0.25) is 9.36 Å². The Morgan fingerprint density at radius 2 is 2.00 bits per heavy atom. The molecule has 0 saturated heterocycles. The van der Waals surface area contributed by atoms with Crippen LogP contribution in [0.25, 0.3) is 5.69 Å². The second kappa shape index (κ2) is 4.12. The van der Waals surface area contributed by atoms with E-state index in [0.29, 0.717) is 5.56 Å². The minimum Gasteiger partial charge on any atom is -0.287 e. The minimum absolute atomic E-state index is 0.434. The van der Waals surface area contributed by atoms with Crippen molar-refractivity contribution >= 4 is 32.8 Å². The Morgan fingerprint density at radius 1 is 1.33 bits per heavy atom. The Morgan fingerprint density at radius 3 is 2.60 bits per heavy atom. The molecule has 2 rings (SSSR count). The van der Waals surface area contributed by atoms with Crippen LogP contribution in [0.2, 0.25) is 0 Å². The van der Waals surface area contributed by atoms with Crippen molar-refractivity contribution in [1.82, 2.24) is 14.8 Å². The number of hydrogen-bond acceptors (Lipinski definition) is 3. The van der Waals surface area contributed by atoms with Crippen LogP contribution in [0.1, 0.15) is 10.4 Å². The molecule has 0 aliphatic heterocycles. The van der Waals surface area contributed by atoms with Crippen LogP contribution in [0.3, 0.4) is 0 Å². The van der Waals surface area contributed by atoms with Gasteiger partial charge in [-0.15, -0.1) is 10.2 Å². The summed E-state index contributed by atoms with van der Waals surface area (Å²) in [4.78, 5) is 11.0. The largest absolute Gasteiger partial charge is 0.287 e. The predicted molar refractivity (Wildman–Crippen MR) is 59.2 cm³/mol. The van der Waals surface area contributed by atoms with Crippen molar-refractivity contribution in [3.63, 3.8) is 0 Å². The molecule has 6 heteroatoms. The second-order valence-corrected chi connectivity index (χ2v) is 4.01. The van der Waals surface area contributed by atoms with Gasteiger partial charge >= 0.3 is 0 Å². The van der Waals surface area contributed by atoms with E-state index in [0.717, 1.165) is 10.2 Å². The Bertz CT molecular complexity index is 498. The maximum absolute atomic E-state index is 11.0. The highest BCUT2D eigenvalue weighted by Crippen LogP contribution is 2.22. The van der Waals surface area contributed by atoms with Gasteiger partial charge in [0, 0.05) is 10.0 Å². The molecular formula is C9H5BrClN3O. The van der Waals surface area contributed by atoms with Gasteiger partial charge in [-0.25, -0.2) is 0 Å². The molecule has 0 radical (unpaired) electrons. The first-order valence-electron chi connectivity index (χ1n) is 4.03. The van der Waals surface area contributed by atoms with Crippen LogP contribution in [-0.4, -0.2) is 20.0 Å². The lowest BCUT2D eigenvalue weighted by Crippen LogP contribution is -1.96. The summed E-state index contributed by atoms with van der Waals surface area (Å²) >= 11 is 8.76. The van der Waals surface area contributed by atoms with Gasteiger partial charge in [-0.1, -0.05) is 0 Å². The van der Waals surface area contributed by atoms with Gasteiger partial charge in [0.1, 0.15) is 12.7 Å². The molecule has 0 bridgehead atoms. The van der Waals surface area contributed by atoms with Crippen LogP contribution in [0.5, 0.6) is 0 Å². The van der Waals surface area contributed by atoms with E-state index in [1.807, 2.05) is 0 Å². The van der Waals surface area contributed by atoms with Gasteiger partial charge in [0.2, 0.25) is 0 Å². The zero-order valence-electron chi connectivity index (χ0n) is 7.39. The second-order valence-electron chi connectivity index (χ2n) is 2.81. The number of carbonyl (C=O) groups is 1. The molecule has 4 nitrogen and oxygen atoms in total. The monoisotopic (exact) mass is 285 g/mol. The van der Waals surface area contributed by atoms with Gasteiger partial charge in [-0.05, 0) is 45.7 Å². The van der Waals surface area contributed by atoms with Crippen molar-refractivity contribution in [2.24, 2.45) is 0 Å². The summed E-state index contributed by atoms with van der Waals surface area (Å²) in [5.41, 5.74) is 1.20. The molecule has 0 unspecified atom stereocenters. The zero-order valence-corrected chi connectivity index (χ0v) is 9.73. The van der Waals surface area contributed by atoms with Gasteiger partial charge in [0.15, 0.2) is 0 Å². The molecule has 0 spiro atoms. The number of nitrogens with zero attached hydrogens (tertiary/aromatic N) is 3. The fourth-order valence-corrected chi connectivity index (χ4v) is 1.73. The average molecular weight is 287 g/mol. The number of hydrogen-bond donors (Lipinski definition) is 0. The Labute approximate surface area is 99.0 Å². The third-order valence-electron chi connectivity index (χ3n) is 1.87. The predicted octanol–water partition coefficient (Wildman–Crippen LogP) is 2.41. The Balaban J connectivity index is 2.55. The van der Waals surface area contributed by atoms with Crippen LogP contribution >= 0.6 is 27.5 Å². The number of benzene rings is 1. The summed E-state index contributed by atoms with van der Waals surface area (Å²) in [6.07, 6.45) is 3.09. The molecule has 1 aromatic heterocycles. The summed E-state index contributed by atoms with van der Waals surface area (Å²) in [7, 11) is 0. The fourth-order valence-electron chi connectivity index (χ4n) is 1.16.